The lowest BCUT2D eigenvalue weighted by molar-refractivity contribution is -0.126. The Kier molecular flexibility index (Phi) is 8.23. The highest BCUT2D eigenvalue weighted by Crippen LogP contribution is 2.43. The second-order valence-electron chi connectivity index (χ2n) is 11.8. The molecule has 0 saturated carbocycles. The summed E-state index contributed by atoms with van der Waals surface area (Å²) < 4.78 is 1.69. The third-order valence-electron chi connectivity index (χ3n) is 8.65. The van der Waals surface area contributed by atoms with E-state index in [4.69, 9.17) is 18.2 Å². The number of rotatable bonds is 5. The van der Waals surface area contributed by atoms with E-state index in [1.54, 1.807) is 9.47 Å². The van der Waals surface area contributed by atoms with Crippen LogP contribution in [0.15, 0.2) is 66.0 Å². The Bertz CT molecular complexity index is 1880. The minimum Gasteiger partial charge on any atom is -0.373 e. The lowest BCUT2D eigenvalue weighted by Crippen LogP contribution is -2.53. The number of anilines is 1. The maximum Gasteiger partial charge on any atom is 0.274 e. The van der Waals surface area contributed by atoms with Crippen LogP contribution in [0.2, 0.25) is 5.02 Å². The van der Waals surface area contributed by atoms with Crippen LogP contribution in [0.3, 0.4) is 0 Å². The van der Waals surface area contributed by atoms with E-state index in [1.807, 2.05) is 43.3 Å². The summed E-state index contributed by atoms with van der Waals surface area (Å²) in [4.78, 5) is 34.6. The lowest BCUT2D eigenvalue weighted by atomic mass is 9.94. The van der Waals surface area contributed by atoms with E-state index in [0.29, 0.717) is 35.9 Å². The number of aryl methyl sites for hydroxylation is 3. The van der Waals surface area contributed by atoms with Crippen molar-refractivity contribution in [3.8, 4) is 16.8 Å². The monoisotopic (exact) mass is 592 g/mol. The number of aromatic nitrogens is 1. The van der Waals surface area contributed by atoms with E-state index >= 15 is 0 Å². The minimum absolute atomic E-state index is 0.0487. The number of halogens is 1. The zero-order valence-corrected chi connectivity index (χ0v) is 26.4. The molecule has 1 amide bonds. The lowest BCUT2D eigenvalue weighted by Gasteiger charge is -2.42. The van der Waals surface area contributed by atoms with Crippen molar-refractivity contribution in [1.82, 2.24) is 9.47 Å². The van der Waals surface area contributed by atoms with Crippen molar-refractivity contribution in [2.75, 3.05) is 24.5 Å². The first-order valence-electron chi connectivity index (χ1n) is 14.6. The number of piperazine rings is 1. The summed E-state index contributed by atoms with van der Waals surface area (Å²) in [6.45, 7) is 25.7. The predicted octanol–water partition coefficient (Wildman–Crippen LogP) is 8.13. The van der Waals surface area contributed by atoms with E-state index in [0.717, 1.165) is 38.9 Å². The summed E-state index contributed by atoms with van der Waals surface area (Å²) in [6, 6.07) is 16.0. The van der Waals surface area contributed by atoms with Crippen LogP contribution in [0, 0.1) is 27.3 Å². The quantitative estimate of drug-likeness (QED) is 0.174. The van der Waals surface area contributed by atoms with E-state index in [2.05, 4.69) is 63.1 Å². The van der Waals surface area contributed by atoms with Crippen molar-refractivity contribution in [3.05, 3.63) is 110 Å². The van der Waals surface area contributed by atoms with E-state index in [9.17, 15) is 9.59 Å². The van der Waals surface area contributed by atoms with E-state index in [1.165, 1.54) is 11.6 Å². The predicted molar refractivity (Wildman–Crippen MR) is 178 cm³/mol. The first kappa shape index (κ1) is 30.1. The van der Waals surface area contributed by atoms with Gasteiger partial charge in [0.25, 0.3) is 11.2 Å². The van der Waals surface area contributed by atoms with E-state index in [-0.39, 0.29) is 29.1 Å². The van der Waals surface area contributed by atoms with Crippen molar-refractivity contribution >= 4 is 39.8 Å². The average Bonchev–Trinajstić information content (AvgIpc) is 2.98. The second-order valence-corrected chi connectivity index (χ2v) is 12.2. The van der Waals surface area contributed by atoms with Crippen molar-refractivity contribution in [2.45, 2.75) is 53.5 Å². The Hall–Kier alpha value is -4.34. The molecule has 1 saturated heterocycles. The first-order chi connectivity index (χ1) is 20.5. The van der Waals surface area contributed by atoms with Gasteiger partial charge >= 0.3 is 0 Å². The SMILES string of the molecule is [C-]#[N+]c1c(N2CCN(C(=O)C=C)C[C@@H]2C)c2cc(Cl)c(-c3cc(C)c(C)cc3C)cc2n(-c2ccccc2C(C)C)c1=O. The second kappa shape index (κ2) is 11.7. The molecule has 6 nitrogen and oxygen atoms in total. The molecule has 4 aromatic rings. The fraction of sp³-hybridized carbons (Fsp3) is 0.306. The van der Waals surface area contributed by atoms with Gasteiger partial charge < -0.3 is 9.80 Å². The molecule has 0 radical (unpaired) electrons. The maximum atomic E-state index is 14.5. The third-order valence-corrected chi connectivity index (χ3v) is 8.97. The molecule has 1 aliphatic rings. The highest BCUT2D eigenvalue weighted by Gasteiger charge is 2.31. The number of carbonyl (C=O) groups excluding carboxylic acids is 1. The number of fused-ring (bicyclic) bond motifs is 1. The molecule has 0 aliphatic carbocycles. The molecule has 43 heavy (non-hydrogen) atoms. The number of hydrogen-bond donors (Lipinski definition) is 0. The molecule has 1 aliphatic heterocycles. The Morgan fingerprint density at radius 2 is 1.74 bits per heavy atom. The standard InChI is InChI=1S/C36H37ClN4O2/c1-9-33(42)39-14-15-40(25(7)20-39)35-29-18-30(37)28(27-17-23(5)22(4)16-24(27)6)19-32(29)41(36(43)34(35)38-8)31-13-11-10-12-26(31)21(2)3/h9-13,16-19,21,25H,1,14-15,20H2,2-7H3/t25-/m0/s1. The molecular weight excluding hydrogens is 556 g/mol. The Balaban J connectivity index is 1.88. The van der Waals surface area contributed by atoms with Gasteiger partial charge in [-0.05, 0) is 85.7 Å². The van der Waals surface area contributed by atoms with Gasteiger partial charge in [0.05, 0.1) is 23.5 Å². The van der Waals surface area contributed by atoms with Gasteiger partial charge in [-0.25, -0.2) is 4.85 Å². The number of hydrogen-bond acceptors (Lipinski definition) is 3. The molecule has 1 atom stereocenters. The van der Waals surface area contributed by atoms with Crippen LogP contribution in [0.1, 0.15) is 48.9 Å². The summed E-state index contributed by atoms with van der Waals surface area (Å²) in [5.41, 5.74) is 7.99. The van der Waals surface area contributed by atoms with Crippen molar-refractivity contribution in [1.29, 1.82) is 0 Å². The minimum atomic E-state index is -0.368. The van der Waals surface area contributed by atoms with E-state index < -0.39 is 0 Å². The number of benzene rings is 3. The molecule has 220 valence electrons. The number of carbonyl (C=O) groups is 1. The summed E-state index contributed by atoms with van der Waals surface area (Å²) in [7, 11) is 0. The first-order valence-corrected chi connectivity index (χ1v) is 15.0. The largest absolute Gasteiger partial charge is 0.373 e. The highest BCUT2D eigenvalue weighted by molar-refractivity contribution is 6.34. The normalized spacial score (nSPS) is 15.2. The van der Waals surface area contributed by atoms with Gasteiger partial charge in [-0.2, -0.15) is 0 Å². The van der Waals surface area contributed by atoms with Gasteiger partial charge in [0.15, 0.2) is 0 Å². The van der Waals surface area contributed by atoms with Crippen molar-refractivity contribution < 1.29 is 4.79 Å². The highest BCUT2D eigenvalue weighted by atomic mass is 35.5. The Morgan fingerprint density at radius 3 is 2.40 bits per heavy atom. The summed E-state index contributed by atoms with van der Waals surface area (Å²) in [5.74, 6) is 0.0254. The molecule has 7 heteroatoms. The van der Waals surface area contributed by atoms with Crippen molar-refractivity contribution in [3.63, 3.8) is 0 Å². The zero-order valence-electron chi connectivity index (χ0n) is 25.7. The fourth-order valence-electron chi connectivity index (χ4n) is 6.27. The van der Waals surface area contributed by atoms with Crippen molar-refractivity contribution in [2.24, 2.45) is 0 Å². The van der Waals surface area contributed by atoms with Gasteiger partial charge in [0.1, 0.15) is 0 Å². The van der Waals surface area contributed by atoms with Crippen LogP contribution in [0.25, 0.3) is 32.6 Å². The van der Waals surface area contributed by atoms with Crippen LogP contribution in [0.5, 0.6) is 0 Å². The van der Waals surface area contributed by atoms with Crippen LogP contribution in [-0.4, -0.2) is 41.1 Å². The third kappa shape index (κ3) is 5.23. The molecule has 0 bridgehead atoms. The van der Waals surface area contributed by atoms with Crippen LogP contribution in [-0.2, 0) is 4.79 Å². The summed E-state index contributed by atoms with van der Waals surface area (Å²) in [6.07, 6.45) is 1.33. The molecule has 1 aromatic heterocycles. The smallest absolute Gasteiger partial charge is 0.274 e. The molecular formula is C36H37ClN4O2. The van der Waals surface area contributed by atoms with Gasteiger partial charge in [0, 0.05) is 41.6 Å². The van der Waals surface area contributed by atoms with Gasteiger partial charge in [0.2, 0.25) is 5.91 Å². The number of pyridine rings is 1. The molecule has 3 aromatic carbocycles. The summed E-state index contributed by atoms with van der Waals surface area (Å²) in [5, 5.41) is 1.28. The molecule has 1 fully saturated rings. The number of amides is 1. The molecule has 0 spiro atoms. The Morgan fingerprint density at radius 1 is 1.05 bits per heavy atom. The fourth-order valence-corrected chi connectivity index (χ4v) is 6.53. The summed E-state index contributed by atoms with van der Waals surface area (Å²) >= 11 is 7.10. The van der Waals surface area contributed by atoms with Gasteiger partial charge in [-0.3, -0.25) is 14.2 Å². The van der Waals surface area contributed by atoms with Crippen LogP contribution in [0.4, 0.5) is 11.4 Å². The molecule has 5 rings (SSSR count). The van der Waals surface area contributed by atoms with Crippen LogP contribution >= 0.6 is 11.6 Å². The Labute approximate surface area is 258 Å². The number of nitrogens with zero attached hydrogens (tertiary/aromatic N) is 4. The number of para-hydroxylation sites is 1. The molecule has 0 N–H and O–H groups in total. The average molecular weight is 593 g/mol. The maximum absolute atomic E-state index is 14.5. The van der Waals surface area contributed by atoms with Gasteiger partial charge in [-0.15, -0.1) is 0 Å². The zero-order chi connectivity index (χ0) is 31.2. The van der Waals surface area contributed by atoms with Crippen LogP contribution < -0.4 is 10.5 Å². The van der Waals surface area contributed by atoms with Gasteiger partial charge in [-0.1, -0.05) is 62.4 Å². The topological polar surface area (TPSA) is 49.9 Å². The molecule has 0 unspecified atom stereocenters. The molecule has 2 heterocycles.